The van der Waals surface area contributed by atoms with E-state index in [-0.39, 0.29) is 12.2 Å². The third-order valence-electron chi connectivity index (χ3n) is 4.22. The van der Waals surface area contributed by atoms with Crippen LogP contribution in [0.1, 0.15) is 23.0 Å². The van der Waals surface area contributed by atoms with Gasteiger partial charge in [0, 0.05) is 17.4 Å². The van der Waals surface area contributed by atoms with Gasteiger partial charge >= 0.3 is 0 Å². The first-order valence-electron chi connectivity index (χ1n) is 7.88. The van der Waals surface area contributed by atoms with Crippen molar-refractivity contribution in [1.82, 2.24) is 14.8 Å². The van der Waals surface area contributed by atoms with Crippen LogP contribution in [0, 0.1) is 6.92 Å². The molecule has 7 nitrogen and oxygen atoms in total. The largest absolute Gasteiger partial charge is 0.285 e. The molecule has 0 aliphatic carbocycles. The first kappa shape index (κ1) is 18.6. The first-order chi connectivity index (χ1) is 12.3. The Kier molecular flexibility index (Phi) is 5.12. The maximum absolute atomic E-state index is 12.7. The zero-order valence-corrected chi connectivity index (χ0v) is 16.0. The minimum atomic E-state index is -3.60. The molecule has 26 heavy (non-hydrogen) atoms. The molecule has 2 aromatic heterocycles. The maximum atomic E-state index is 12.7. The molecular formula is C17H19N3O4S2. The zero-order chi connectivity index (χ0) is 18.9. The lowest BCUT2D eigenvalue weighted by Crippen LogP contribution is -2.31. The summed E-state index contributed by atoms with van der Waals surface area (Å²) < 4.78 is 28.0. The molecule has 0 aliphatic heterocycles. The molecular weight excluding hydrogens is 374 g/mol. The molecule has 1 amide bonds. The lowest BCUT2D eigenvalue weighted by molar-refractivity contribution is -0.159. The standard InChI is InChI=1S/C17H19N3O4S2/c1-12-7-15(18-19(12)2)16(20(22)11-21)10-26(23,24)9-13-3-4-17-14(8-13)5-6-25-17/h3-8,11,16,22H,9-10H2,1-2H3. The van der Waals surface area contributed by atoms with Gasteiger partial charge in [0.15, 0.2) is 9.84 Å². The molecule has 1 atom stereocenters. The Morgan fingerprint density at radius 2 is 2.12 bits per heavy atom. The fourth-order valence-corrected chi connectivity index (χ4v) is 5.16. The van der Waals surface area contributed by atoms with E-state index < -0.39 is 21.6 Å². The minimum Gasteiger partial charge on any atom is -0.285 e. The van der Waals surface area contributed by atoms with Crippen LogP contribution in [0.15, 0.2) is 35.7 Å². The molecule has 0 saturated heterocycles. The van der Waals surface area contributed by atoms with Crippen LogP contribution in [0.4, 0.5) is 0 Å². The van der Waals surface area contributed by atoms with E-state index in [1.165, 1.54) is 0 Å². The van der Waals surface area contributed by atoms with E-state index in [9.17, 15) is 18.4 Å². The molecule has 1 N–H and O–H groups in total. The van der Waals surface area contributed by atoms with E-state index in [2.05, 4.69) is 5.10 Å². The topological polar surface area (TPSA) is 92.5 Å². The van der Waals surface area contributed by atoms with Gasteiger partial charge in [-0.15, -0.1) is 11.3 Å². The lowest BCUT2D eigenvalue weighted by Gasteiger charge is -2.20. The quantitative estimate of drug-likeness (QED) is 0.378. The van der Waals surface area contributed by atoms with Crippen LogP contribution in [0.2, 0.25) is 0 Å². The number of sulfone groups is 1. The van der Waals surface area contributed by atoms with Crippen molar-refractivity contribution in [1.29, 1.82) is 0 Å². The maximum Gasteiger partial charge on any atom is 0.233 e. The summed E-state index contributed by atoms with van der Waals surface area (Å²) in [6, 6.07) is 8.07. The average molecular weight is 393 g/mol. The molecule has 0 radical (unpaired) electrons. The number of hydrogen-bond donors (Lipinski definition) is 1. The van der Waals surface area contributed by atoms with Crippen LogP contribution in [-0.2, 0) is 27.4 Å². The van der Waals surface area contributed by atoms with E-state index in [1.54, 1.807) is 42.1 Å². The summed E-state index contributed by atoms with van der Waals surface area (Å²) in [6.07, 6.45) is 0.196. The summed E-state index contributed by atoms with van der Waals surface area (Å²) in [5.74, 6) is -0.589. The summed E-state index contributed by atoms with van der Waals surface area (Å²) in [5.41, 5.74) is 1.79. The number of carbonyl (C=O) groups excluding carboxylic acids is 1. The van der Waals surface area contributed by atoms with Gasteiger partial charge in [0.05, 0.1) is 17.2 Å². The summed E-state index contributed by atoms with van der Waals surface area (Å²) >= 11 is 1.59. The summed E-state index contributed by atoms with van der Waals surface area (Å²) in [5, 5.41) is 17.4. The summed E-state index contributed by atoms with van der Waals surface area (Å²) in [6.45, 7) is 1.81. The van der Waals surface area contributed by atoms with Crippen LogP contribution in [-0.4, -0.2) is 40.6 Å². The Morgan fingerprint density at radius 3 is 2.77 bits per heavy atom. The monoisotopic (exact) mass is 393 g/mol. The van der Waals surface area contributed by atoms with Gasteiger partial charge in [-0.3, -0.25) is 14.7 Å². The van der Waals surface area contributed by atoms with Crippen molar-refractivity contribution in [2.45, 2.75) is 18.7 Å². The average Bonchev–Trinajstić information content (AvgIpc) is 3.18. The molecule has 2 heterocycles. The molecule has 1 unspecified atom stereocenters. The van der Waals surface area contributed by atoms with Crippen LogP contribution in [0.5, 0.6) is 0 Å². The Labute approximate surface area is 155 Å². The van der Waals surface area contributed by atoms with Crippen LogP contribution in [0.25, 0.3) is 10.1 Å². The van der Waals surface area contributed by atoms with E-state index >= 15 is 0 Å². The summed E-state index contributed by atoms with van der Waals surface area (Å²) in [7, 11) is -1.89. The van der Waals surface area contributed by atoms with E-state index in [0.29, 0.717) is 16.3 Å². The molecule has 3 rings (SSSR count). The van der Waals surface area contributed by atoms with Gasteiger partial charge in [-0.05, 0) is 47.5 Å². The number of thiophene rings is 1. The Hall–Kier alpha value is -2.23. The molecule has 0 saturated carbocycles. The molecule has 0 fully saturated rings. The minimum absolute atomic E-state index is 0.173. The van der Waals surface area contributed by atoms with Crippen molar-refractivity contribution in [2.75, 3.05) is 5.75 Å². The summed E-state index contributed by atoms with van der Waals surface area (Å²) in [4.78, 5) is 11.0. The van der Waals surface area contributed by atoms with Gasteiger partial charge in [-0.25, -0.2) is 13.5 Å². The second kappa shape index (κ2) is 7.18. The number of hydroxylamine groups is 2. The number of aryl methyl sites for hydroxylation is 2. The molecule has 0 aliphatic rings. The molecule has 1 aromatic carbocycles. The number of fused-ring (bicyclic) bond motifs is 1. The molecule has 0 spiro atoms. The number of hydrogen-bond acceptors (Lipinski definition) is 6. The Bertz CT molecular complexity index is 1020. The highest BCUT2D eigenvalue weighted by Gasteiger charge is 2.28. The first-order valence-corrected chi connectivity index (χ1v) is 10.6. The number of rotatable bonds is 7. The van der Waals surface area contributed by atoms with Gasteiger partial charge in [0.1, 0.15) is 6.04 Å². The van der Waals surface area contributed by atoms with Gasteiger partial charge in [0.25, 0.3) is 0 Å². The fraction of sp³-hybridized carbons (Fsp3) is 0.294. The normalized spacial score (nSPS) is 13.0. The predicted molar refractivity (Wildman–Crippen MR) is 99.7 cm³/mol. The molecule has 9 heteroatoms. The lowest BCUT2D eigenvalue weighted by atomic mass is 10.2. The van der Waals surface area contributed by atoms with E-state index in [4.69, 9.17) is 0 Å². The predicted octanol–water partition coefficient (Wildman–Crippen LogP) is 2.45. The number of amides is 1. The van der Waals surface area contributed by atoms with Crippen molar-refractivity contribution in [2.24, 2.45) is 7.05 Å². The fourth-order valence-electron chi connectivity index (χ4n) is 2.78. The van der Waals surface area contributed by atoms with Gasteiger partial charge in [-0.1, -0.05) is 6.07 Å². The Balaban J connectivity index is 1.85. The highest BCUT2D eigenvalue weighted by Crippen LogP contribution is 2.25. The Morgan fingerprint density at radius 1 is 1.35 bits per heavy atom. The number of carbonyl (C=O) groups is 1. The van der Waals surface area contributed by atoms with E-state index in [0.717, 1.165) is 15.8 Å². The zero-order valence-electron chi connectivity index (χ0n) is 14.4. The highest BCUT2D eigenvalue weighted by atomic mass is 32.2. The van der Waals surface area contributed by atoms with E-state index in [1.807, 2.05) is 23.6 Å². The van der Waals surface area contributed by atoms with Crippen molar-refractivity contribution in [3.8, 4) is 0 Å². The highest BCUT2D eigenvalue weighted by molar-refractivity contribution is 7.90. The van der Waals surface area contributed by atoms with Gasteiger partial charge < -0.3 is 0 Å². The van der Waals surface area contributed by atoms with Crippen molar-refractivity contribution < 1.29 is 18.4 Å². The molecule has 0 bridgehead atoms. The van der Waals surface area contributed by atoms with Crippen LogP contribution in [0.3, 0.4) is 0 Å². The van der Waals surface area contributed by atoms with Gasteiger partial charge in [-0.2, -0.15) is 5.10 Å². The third-order valence-corrected chi connectivity index (χ3v) is 6.71. The van der Waals surface area contributed by atoms with Crippen LogP contribution < -0.4 is 0 Å². The van der Waals surface area contributed by atoms with Crippen LogP contribution >= 0.6 is 11.3 Å². The van der Waals surface area contributed by atoms with Crippen molar-refractivity contribution in [3.63, 3.8) is 0 Å². The second-order valence-corrected chi connectivity index (χ2v) is 9.24. The number of aromatic nitrogens is 2. The molecule has 138 valence electrons. The number of nitrogens with zero attached hydrogens (tertiary/aromatic N) is 3. The smallest absolute Gasteiger partial charge is 0.233 e. The number of benzene rings is 1. The second-order valence-electron chi connectivity index (χ2n) is 6.18. The van der Waals surface area contributed by atoms with Gasteiger partial charge in [0.2, 0.25) is 6.41 Å². The van der Waals surface area contributed by atoms with Crippen molar-refractivity contribution in [3.05, 3.63) is 52.7 Å². The van der Waals surface area contributed by atoms with Crippen molar-refractivity contribution >= 4 is 37.7 Å². The molecule has 3 aromatic rings. The third kappa shape index (κ3) is 3.95. The SMILES string of the molecule is Cc1cc(C(CS(=O)(=O)Cc2ccc3sccc3c2)N(O)C=O)nn1C.